The van der Waals surface area contributed by atoms with Crippen molar-refractivity contribution in [3.8, 4) is 5.88 Å². The van der Waals surface area contributed by atoms with Crippen molar-refractivity contribution in [1.82, 2.24) is 15.3 Å². The van der Waals surface area contributed by atoms with Gasteiger partial charge in [-0.25, -0.2) is 9.97 Å². The minimum atomic E-state index is 0.236. The molecule has 18 heavy (non-hydrogen) atoms. The summed E-state index contributed by atoms with van der Waals surface area (Å²) < 4.78 is 5.98. The van der Waals surface area contributed by atoms with Crippen LogP contribution in [0, 0.1) is 0 Å². The molecule has 3 heterocycles. The Morgan fingerprint density at radius 3 is 2.89 bits per heavy atom. The van der Waals surface area contributed by atoms with Crippen LogP contribution in [0.1, 0.15) is 6.42 Å². The van der Waals surface area contributed by atoms with Crippen molar-refractivity contribution in [2.24, 2.45) is 0 Å². The zero-order valence-corrected chi connectivity index (χ0v) is 11.2. The Hall–Kier alpha value is -1.01. The van der Waals surface area contributed by atoms with Crippen LogP contribution in [-0.2, 0) is 0 Å². The minimum Gasteiger partial charge on any atom is -0.470 e. The van der Waals surface area contributed by atoms with Crippen molar-refractivity contribution >= 4 is 17.6 Å². The number of anilines is 1. The second kappa shape index (κ2) is 5.75. The zero-order chi connectivity index (χ0) is 12.2. The van der Waals surface area contributed by atoms with Crippen molar-refractivity contribution in [1.29, 1.82) is 0 Å². The first-order valence-corrected chi connectivity index (χ1v) is 7.60. The summed E-state index contributed by atoms with van der Waals surface area (Å²) in [5.41, 5.74) is 0. The number of rotatable bonds is 3. The van der Waals surface area contributed by atoms with Crippen molar-refractivity contribution in [2.45, 2.75) is 12.5 Å². The molecule has 0 radical (unpaired) electrons. The summed E-state index contributed by atoms with van der Waals surface area (Å²) in [6, 6.07) is 0. The highest BCUT2D eigenvalue weighted by Gasteiger charge is 2.22. The Morgan fingerprint density at radius 2 is 2.11 bits per heavy atom. The number of ether oxygens (including phenoxy) is 1. The molecule has 3 rings (SSSR count). The van der Waals surface area contributed by atoms with E-state index in [4.69, 9.17) is 4.74 Å². The van der Waals surface area contributed by atoms with Crippen molar-refractivity contribution < 1.29 is 4.74 Å². The molecule has 5 nitrogen and oxygen atoms in total. The highest BCUT2D eigenvalue weighted by molar-refractivity contribution is 7.99. The monoisotopic (exact) mass is 266 g/mol. The maximum atomic E-state index is 5.98. The van der Waals surface area contributed by atoms with E-state index in [0.29, 0.717) is 5.88 Å². The molecule has 0 aromatic carbocycles. The first kappa shape index (κ1) is 12.0. The predicted octanol–water partition coefficient (Wildman–Crippen LogP) is 0.770. The van der Waals surface area contributed by atoms with E-state index < -0.39 is 0 Å². The Balaban J connectivity index is 1.75. The van der Waals surface area contributed by atoms with Crippen LogP contribution in [0.25, 0.3) is 0 Å². The molecule has 0 spiro atoms. The number of nitrogens with one attached hydrogen (secondary N) is 1. The number of hydrogen-bond acceptors (Lipinski definition) is 6. The molecular weight excluding hydrogens is 248 g/mol. The number of thioether (sulfide) groups is 1. The van der Waals surface area contributed by atoms with Gasteiger partial charge in [0.25, 0.3) is 5.88 Å². The van der Waals surface area contributed by atoms with Gasteiger partial charge in [0.15, 0.2) is 5.82 Å². The fraction of sp³-hybridized carbons (Fsp3) is 0.667. The van der Waals surface area contributed by atoms with E-state index in [1.165, 1.54) is 0 Å². The molecule has 0 amide bonds. The number of nitrogens with zero attached hydrogens (tertiary/aromatic N) is 3. The maximum Gasteiger partial charge on any atom is 0.257 e. The van der Waals surface area contributed by atoms with E-state index in [1.807, 2.05) is 11.8 Å². The fourth-order valence-electron chi connectivity index (χ4n) is 2.28. The van der Waals surface area contributed by atoms with E-state index in [2.05, 4.69) is 20.2 Å². The van der Waals surface area contributed by atoms with Crippen LogP contribution in [0.2, 0.25) is 0 Å². The van der Waals surface area contributed by atoms with Crippen molar-refractivity contribution in [3.63, 3.8) is 0 Å². The van der Waals surface area contributed by atoms with Gasteiger partial charge in [-0.15, -0.1) is 0 Å². The topological polar surface area (TPSA) is 50.3 Å². The second-order valence-corrected chi connectivity index (χ2v) is 5.74. The molecule has 6 heteroatoms. The van der Waals surface area contributed by atoms with Crippen LogP contribution < -0.4 is 15.0 Å². The van der Waals surface area contributed by atoms with Crippen LogP contribution >= 0.6 is 11.8 Å². The lowest BCUT2D eigenvalue weighted by Gasteiger charge is -2.28. The van der Waals surface area contributed by atoms with Gasteiger partial charge < -0.3 is 15.0 Å². The molecule has 1 atom stereocenters. The average molecular weight is 266 g/mol. The summed E-state index contributed by atoms with van der Waals surface area (Å²) in [5, 5.41) is 3.30. The van der Waals surface area contributed by atoms with Gasteiger partial charge >= 0.3 is 0 Å². The lowest BCUT2D eigenvalue weighted by molar-refractivity contribution is 0.213. The SMILES string of the molecule is c1cnc(N2CCSCC2)c(OC2CCNC2)n1. The van der Waals surface area contributed by atoms with E-state index in [9.17, 15) is 0 Å². The van der Waals surface area contributed by atoms with E-state index in [-0.39, 0.29) is 6.10 Å². The van der Waals surface area contributed by atoms with Gasteiger partial charge in [-0.2, -0.15) is 11.8 Å². The summed E-state index contributed by atoms with van der Waals surface area (Å²) in [6.45, 7) is 4.00. The molecule has 2 aliphatic heterocycles. The van der Waals surface area contributed by atoms with Gasteiger partial charge in [0, 0.05) is 43.5 Å². The molecular formula is C12H18N4OS. The molecule has 1 aromatic rings. The van der Waals surface area contributed by atoms with Gasteiger partial charge in [0.2, 0.25) is 0 Å². The van der Waals surface area contributed by atoms with Crippen molar-refractivity contribution in [2.75, 3.05) is 42.6 Å². The largest absolute Gasteiger partial charge is 0.470 e. The van der Waals surface area contributed by atoms with Gasteiger partial charge in [-0.1, -0.05) is 0 Å². The van der Waals surface area contributed by atoms with E-state index in [0.717, 1.165) is 49.9 Å². The second-order valence-electron chi connectivity index (χ2n) is 4.52. The highest BCUT2D eigenvalue weighted by atomic mass is 32.2. The van der Waals surface area contributed by atoms with Gasteiger partial charge in [-0.3, -0.25) is 0 Å². The molecule has 0 saturated carbocycles. The molecule has 0 bridgehead atoms. The lowest BCUT2D eigenvalue weighted by atomic mass is 10.3. The van der Waals surface area contributed by atoms with Crippen LogP contribution in [0.4, 0.5) is 5.82 Å². The standard InChI is InChI=1S/C12H18N4OS/c1-2-13-9-10(1)17-12-11(14-3-4-15-12)16-5-7-18-8-6-16/h3-4,10,13H,1-2,5-9H2. The molecule has 1 unspecified atom stereocenters. The fourth-order valence-corrected chi connectivity index (χ4v) is 3.18. The summed E-state index contributed by atoms with van der Waals surface area (Å²) in [5.74, 6) is 3.91. The minimum absolute atomic E-state index is 0.236. The molecule has 98 valence electrons. The Morgan fingerprint density at radius 1 is 1.28 bits per heavy atom. The number of hydrogen-bond donors (Lipinski definition) is 1. The van der Waals surface area contributed by atoms with Crippen LogP contribution in [0.15, 0.2) is 12.4 Å². The first-order chi connectivity index (χ1) is 8.93. The smallest absolute Gasteiger partial charge is 0.257 e. The van der Waals surface area contributed by atoms with Crippen LogP contribution in [-0.4, -0.2) is 53.8 Å². The van der Waals surface area contributed by atoms with E-state index in [1.54, 1.807) is 12.4 Å². The predicted molar refractivity (Wildman–Crippen MR) is 73.5 cm³/mol. The van der Waals surface area contributed by atoms with Gasteiger partial charge in [0.1, 0.15) is 6.10 Å². The molecule has 2 aliphatic rings. The summed E-state index contributed by atoms with van der Waals surface area (Å²) in [4.78, 5) is 11.1. The quantitative estimate of drug-likeness (QED) is 0.872. The van der Waals surface area contributed by atoms with Gasteiger partial charge in [-0.05, 0) is 13.0 Å². The van der Waals surface area contributed by atoms with E-state index >= 15 is 0 Å². The van der Waals surface area contributed by atoms with Crippen LogP contribution in [0.3, 0.4) is 0 Å². The molecule has 0 aliphatic carbocycles. The average Bonchev–Trinajstić information content (AvgIpc) is 2.93. The summed E-state index contributed by atoms with van der Waals surface area (Å²) >= 11 is 1.99. The third-order valence-electron chi connectivity index (χ3n) is 3.25. The van der Waals surface area contributed by atoms with Crippen molar-refractivity contribution in [3.05, 3.63) is 12.4 Å². The molecule has 2 saturated heterocycles. The molecule has 1 aromatic heterocycles. The third-order valence-corrected chi connectivity index (χ3v) is 4.19. The third kappa shape index (κ3) is 2.70. The normalized spacial score (nSPS) is 24.2. The highest BCUT2D eigenvalue weighted by Crippen LogP contribution is 2.26. The Labute approximate surface area is 111 Å². The first-order valence-electron chi connectivity index (χ1n) is 6.44. The summed E-state index contributed by atoms with van der Waals surface area (Å²) in [7, 11) is 0. The van der Waals surface area contributed by atoms with Gasteiger partial charge in [0.05, 0.1) is 0 Å². The molecule has 1 N–H and O–H groups in total. The maximum absolute atomic E-state index is 5.98. The van der Waals surface area contributed by atoms with Crippen LogP contribution in [0.5, 0.6) is 5.88 Å². The zero-order valence-electron chi connectivity index (χ0n) is 10.3. The summed E-state index contributed by atoms with van der Waals surface area (Å²) in [6.07, 6.45) is 4.74. The Kier molecular flexibility index (Phi) is 3.85. The molecule has 2 fully saturated rings. The Bertz CT molecular complexity index is 391. The number of aromatic nitrogens is 2. The lowest BCUT2D eigenvalue weighted by Crippen LogP contribution is -2.34.